The van der Waals surface area contributed by atoms with Crippen LogP contribution in [0.15, 0.2) is 22.7 Å². The molecule has 0 N–H and O–H groups in total. The zero-order valence-corrected chi connectivity index (χ0v) is 10.3. The SMILES string of the molecule is Cc1c(Br)cccc1C1CCCCC1. The highest BCUT2D eigenvalue weighted by atomic mass is 79.9. The summed E-state index contributed by atoms with van der Waals surface area (Å²) < 4.78 is 1.26. The summed E-state index contributed by atoms with van der Waals surface area (Å²) in [5.74, 6) is 0.821. The van der Waals surface area contributed by atoms with E-state index < -0.39 is 0 Å². The Morgan fingerprint density at radius 3 is 2.57 bits per heavy atom. The normalized spacial score (nSPS) is 18.4. The molecule has 1 fully saturated rings. The fraction of sp³-hybridized carbons (Fsp3) is 0.538. The lowest BCUT2D eigenvalue weighted by Gasteiger charge is -2.23. The van der Waals surface area contributed by atoms with E-state index in [1.54, 1.807) is 5.56 Å². The zero-order valence-electron chi connectivity index (χ0n) is 8.72. The first-order chi connectivity index (χ1) is 6.79. The summed E-state index contributed by atoms with van der Waals surface area (Å²) in [5, 5.41) is 0. The molecule has 76 valence electrons. The van der Waals surface area contributed by atoms with Crippen molar-refractivity contribution in [1.82, 2.24) is 0 Å². The van der Waals surface area contributed by atoms with Crippen molar-refractivity contribution in [2.24, 2.45) is 0 Å². The van der Waals surface area contributed by atoms with Crippen LogP contribution in [-0.4, -0.2) is 0 Å². The molecule has 0 bridgehead atoms. The molecule has 0 unspecified atom stereocenters. The average molecular weight is 253 g/mol. The standard InChI is InChI=1S/C13H17Br/c1-10-12(8-5-9-13(10)14)11-6-3-2-4-7-11/h5,8-9,11H,2-4,6-7H2,1H3. The van der Waals surface area contributed by atoms with E-state index in [-0.39, 0.29) is 0 Å². The van der Waals surface area contributed by atoms with Crippen LogP contribution in [0, 0.1) is 6.92 Å². The molecule has 0 aliphatic heterocycles. The third-order valence-electron chi connectivity index (χ3n) is 3.35. The number of hydrogen-bond acceptors (Lipinski definition) is 0. The van der Waals surface area contributed by atoms with E-state index in [4.69, 9.17) is 0 Å². The highest BCUT2D eigenvalue weighted by Gasteiger charge is 2.17. The number of halogens is 1. The van der Waals surface area contributed by atoms with E-state index >= 15 is 0 Å². The third-order valence-corrected chi connectivity index (χ3v) is 4.21. The first-order valence-corrected chi connectivity index (χ1v) is 6.33. The molecule has 0 heterocycles. The van der Waals surface area contributed by atoms with Crippen molar-refractivity contribution in [1.29, 1.82) is 0 Å². The number of rotatable bonds is 1. The van der Waals surface area contributed by atoms with Crippen molar-refractivity contribution >= 4 is 15.9 Å². The lowest BCUT2D eigenvalue weighted by Crippen LogP contribution is -2.06. The maximum Gasteiger partial charge on any atom is 0.0207 e. The summed E-state index contributed by atoms with van der Waals surface area (Å²) in [7, 11) is 0. The minimum atomic E-state index is 0.821. The largest absolute Gasteiger partial charge is 0.0608 e. The predicted octanol–water partition coefficient (Wildman–Crippen LogP) is 4.81. The van der Waals surface area contributed by atoms with Gasteiger partial charge in [-0.05, 0) is 42.9 Å². The summed E-state index contributed by atoms with van der Waals surface area (Å²) in [5.41, 5.74) is 3.01. The summed E-state index contributed by atoms with van der Waals surface area (Å²) in [6.07, 6.45) is 7.03. The van der Waals surface area contributed by atoms with Gasteiger partial charge in [-0.15, -0.1) is 0 Å². The van der Waals surface area contributed by atoms with E-state index in [1.807, 2.05) is 0 Å². The minimum Gasteiger partial charge on any atom is -0.0608 e. The van der Waals surface area contributed by atoms with Gasteiger partial charge in [0.2, 0.25) is 0 Å². The number of hydrogen-bond donors (Lipinski definition) is 0. The van der Waals surface area contributed by atoms with E-state index in [0.717, 1.165) is 5.92 Å². The highest BCUT2D eigenvalue weighted by Crippen LogP contribution is 2.35. The maximum absolute atomic E-state index is 3.61. The molecule has 1 heteroatoms. The van der Waals surface area contributed by atoms with Gasteiger partial charge in [-0.25, -0.2) is 0 Å². The second kappa shape index (κ2) is 4.48. The van der Waals surface area contributed by atoms with Gasteiger partial charge >= 0.3 is 0 Å². The van der Waals surface area contributed by atoms with Crippen molar-refractivity contribution < 1.29 is 0 Å². The van der Waals surface area contributed by atoms with Crippen LogP contribution in [0.4, 0.5) is 0 Å². The van der Waals surface area contributed by atoms with E-state index in [2.05, 4.69) is 41.1 Å². The summed E-state index contributed by atoms with van der Waals surface area (Å²) in [6, 6.07) is 6.61. The molecular weight excluding hydrogens is 236 g/mol. The van der Waals surface area contributed by atoms with E-state index in [9.17, 15) is 0 Å². The molecule has 0 aromatic heterocycles. The van der Waals surface area contributed by atoms with Crippen molar-refractivity contribution in [3.05, 3.63) is 33.8 Å². The van der Waals surface area contributed by atoms with Gasteiger partial charge in [0.1, 0.15) is 0 Å². The quantitative estimate of drug-likeness (QED) is 0.674. The second-order valence-corrected chi connectivity index (χ2v) is 5.14. The van der Waals surface area contributed by atoms with Gasteiger partial charge in [0, 0.05) is 4.47 Å². The van der Waals surface area contributed by atoms with Crippen LogP contribution in [0.25, 0.3) is 0 Å². The molecule has 0 atom stereocenters. The Morgan fingerprint density at radius 1 is 1.14 bits per heavy atom. The van der Waals surface area contributed by atoms with Gasteiger partial charge in [-0.3, -0.25) is 0 Å². The zero-order chi connectivity index (χ0) is 9.97. The summed E-state index contributed by atoms with van der Waals surface area (Å²) in [4.78, 5) is 0. The molecule has 1 aliphatic carbocycles. The minimum absolute atomic E-state index is 0.821. The van der Waals surface area contributed by atoms with Crippen LogP contribution in [-0.2, 0) is 0 Å². The van der Waals surface area contributed by atoms with Gasteiger partial charge in [-0.2, -0.15) is 0 Å². The van der Waals surface area contributed by atoms with Crippen LogP contribution in [0.5, 0.6) is 0 Å². The fourth-order valence-electron chi connectivity index (χ4n) is 2.48. The smallest absolute Gasteiger partial charge is 0.0207 e. The molecule has 14 heavy (non-hydrogen) atoms. The van der Waals surface area contributed by atoms with E-state index in [1.165, 1.54) is 42.1 Å². The lowest BCUT2D eigenvalue weighted by molar-refractivity contribution is 0.442. The Balaban J connectivity index is 2.26. The number of benzene rings is 1. The van der Waals surface area contributed by atoms with Gasteiger partial charge in [0.05, 0.1) is 0 Å². The van der Waals surface area contributed by atoms with E-state index in [0.29, 0.717) is 0 Å². The van der Waals surface area contributed by atoms with Crippen LogP contribution in [0.2, 0.25) is 0 Å². The molecule has 1 aromatic rings. The summed E-state index contributed by atoms with van der Waals surface area (Å²) >= 11 is 3.61. The fourth-order valence-corrected chi connectivity index (χ4v) is 2.86. The van der Waals surface area contributed by atoms with Crippen LogP contribution in [0.3, 0.4) is 0 Å². The molecule has 0 saturated heterocycles. The van der Waals surface area contributed by atoms with Crippen LogP contribution in [0.1, 0.15) is 49.1 Å². The van der Waals surface area contributed by atoms with Gasteiger partial charge in [0.15, 0.2) is 0 Å². The molecule has 0 nitrogen and oxygen atoms in total. The molecule has 2 rings (SSSR count). The predicted molar refractivity (Wildman–Crippen MR) is 64.7 cm³/mol. The van der Waals surface area contributed by atoms with Gasteiger partial charge in [-0.1, -0.05) is 47.3 Å². The molecular formula is C13H17Br. The van der Waals surface area contributed by atoms with Gasteiger partial charge < -0.3 is 0 Å². The first-order valence-electron chi connectivity index (χ1n) is 5.54. The maximum atomic E-state index is 3.61. The average Bonchev–Trinajstić information content (AvgIpc) is 2.23. The molecule has 0 spiro atoms. The Morgan fingerprint density at radius 2 is 1.86 bits per heavy atom. The van der Waals surface area contributed by atoms with Crippen molar-refractivity contribution in [2.45, 2.75) is 44.9 Å². The summed E-state index contributed by atoms with van der Waals surface area (Å²) in [6.45, 7) is 2.23. The monoisotopic (exact) mass is 252 g/mol. The Labute approximate surface area is 94.8 Å². The Hall–Kier alpha value is -0.300. The third kappa shape index (κ3) is 2.03. The van der Waals surface area contributed by atoms with Crippen molar-refractivity contribution in [2.75, 3.05) is 0 Å². The highest BCUT2D eigenvalue weighted by molar-refractivity contribution is 9.10. The van der Waals surface area contributed by atoms with Crippen molar-refractivity contribution in [3.63, 3.8) is 0 Å². The van der Waals surface area contributed by atoms with Crippen molar-refractivity contribution in [3.8, 4) is 0 Å². The van der Waals surface area contributed by atoms with Crippen LogP contribution < -0.4 is 0 Å². The first kappa shape index (κ1) is 10.2. The molecule has 0 amide bonds. The Bertz CT molecular complexity index is 311. The Kier molecular flexibility index (Phi) is 3.27. The van der Waals surface area contributed by atoms with Crippen LogP contribution >= 0.6 is 15.9 Å². The topological polar surface area (TPSA) is 0 Å². The van der Waals surface area contributed by atoms with Gasteiger partial charge in [0.25, 0.3) is 0 Å². The molecule has 1 aromatic carbocycles. The molecule has 1 saturated carbocycles. The molecule has 0 radical (unpaired) electrons. The lowest BCUT2D eigenvalue weighted by atomic mass is 9.82. The second-order valence-electron chi connectivity index (χ2n) is 4.29. The molecule has 1 aliphatic rings.